The van der Waals surface area contributed by atoms with Crippen molar-refractivity contribution in [3.8, 4) is 50.2 Å². The van der Waals surface area contributed by atoms with Crippen LogP contribution in [0.2, 0.25) is 0 Å². The van der Waals surface area contributed by atoms with Crippen LogP contribution in [-0.2, 0) is 0 Å². The van der Waals surface area contributed by atoms with Gasteiger partial charge in [0.1, 0.15) is 0 Å². The monoisotopic (exact) mass is 1570 g/mol. The van der Waals surface area contributed by atoms with Gasteiger partial charge in [0.05, 0.1) is 34.0 Å². The second-order valence-electron chi connectivity index (χ2n) is 32.9. The molecule has 1 atom stereocenters. The van der Waals surface area contributed by atoms with Crippen molar-refractivity contribution < 1.29 is 0 Å². The van der Waals surface area contributed by atoms with Crippen LogP contribution < -0.4 is 62.2 Å². The van der Waals surface area contributed by atoms with Gasteiger partial charge in [0, 0.05) is 124 Å². The number of fused-ring (bicyclic) bond motifs is 14. The van der Waals surface area contributed by atoms with E-state index in [-0.39, 0.29) is 19.3 Å². The molecule has 123 heavy (non-hydrogen) atoms. The Morgan fingerprint density at radius 1 is 0.252 bits per heavy atom. The molecule has 0 saturated carbocycles. The molecule has 1 unspecified atom stereocenters. The maximum atomic E-state index is 2.71. The molecule has 0 saturated heterocycles. The molecular weight excluding hydrogens is 1490 g/mol. The van der Waals surface area contributed by atoms with Crippen LogP contribution in [0.5, 0.6) is 0 Å². The average molecular weight is 1570 g/mol. The molecule has 0 amide bonds. The van der Waals surface area contributed by atoms with Crippen LogP contribution in [-0.4, -0.2) is 18.0 Å². The van der Waals surface area contributed by atoms with Crippen LogP contribution in [0.4, 0.5) is 102 Å². The standard InChI is InChI=1S/C114H77B2N7/c1-11-38-76(39-12-1)88-58-35-59-89(77-40-13-2-14-41-77)112(88)121-100-66-33-31-64-96(100)115-98-72-94-92-62-37-63-93-95-73-99-105(75-103(95)123(114(92)93)102(94)74-104(98)119(84-54-27-9-28-55-84)106-68-86(70-108(121)110(106)115)117(80-46-19-5-20-47-80)81-48-21-6-22-49-81)120(85-56-29-10-30-57-85)107-69-87(118(82-50-23-7-24-51-82)83-52-25-8-26-53-83)71-109-111(107)116(99)97-65-32-34-67-101(97)122(109)113-90(78-42-15-3-16-43-78)60-36-61-91(113)79-44-17-4-18-45-79/h1-62,64-75,93H,63H2. The molecule has 6 heterocycles. The summed E-state index contributed by atoms with van der Waals surface area (Å²) in [5.41, 5.74) is 42.9. The Kier molecular flexibility index (Phi) is 16.2. The largest absolute Gasteiger partial charge is 0.312 e. The number of hydrogen-bond acceptors (Lipinski definition) is 6. The predicted molar refractivity (Wildman–Crippen MR) is 518 cm³/mol. The van der Waals surface area contributed by atoms with Gasteiger partial charge in [-0.25, -0.2) is 0 Å². The molecule has 7 nitrogen and oxygen atoms in total. The second kappa shape index (κ2) is 28.4. The summed E-state index contributed by atoms with van der Waals surface area (Å²) in [7, 11) is 0. The molecular formula is C114H77B2N7. The third-order valence-electron chi connectivity index (χ3n) is 26.3. The summed E-state index contributed by atoms with van der Waals surface area (Å²) in [6.45, 7) is -0.392. The van der Waals surface area contributed by atoms with Gasteiger partial charge in [-0.15, -0.1) is 0 Å². The number of anilines is 18. The summed E-state index contributed by atoms with van der Waals surface area (Å²) in [6, 6.07) is 163. The van der Waals surface area contributed by atoms with Gasteiger partial charge in [-0.3, -0.25) is 0 Å². The van der Waals surface area contributed by atoms with Crippen molar-refractivity contribution in [1.29, 1.82) is 0 Å². The molecule has 25 rings (SSSR count). The van der Waals surface area contributed by atoms with E-state index in [4.69, 9.17) is 0 Å². The molecule has 9 heteroatoms. The lowest BCUT2D eigenvalue weighted by molar-refractivity contribution is 0.820. The van der Waals surface area contributed by atoms with Crippen LogP contribution >= 0.6 is 0 Å². The van der Waals surface area contributed by atoms with Gasteiger partial charge in [-0.2, -0.15) is 0 Å². The molecule has 0 radical (unpaired) electrons. The maximum absolute atomic E-state index is 2.71. The number of rotatable bonds is 14. The van der Waals surface area contributed by atoms with E-state index in [9.17, 15) is 0 Å². The zero-order chi connectivity index (χ0) is 80.7. The number of aromatic nitrogens is 1. The molecule has 5 aliphatic heterocycles. The Balaban J connectivity index is 0.755. The van der Waals surface area contributed by atoms with Gasteiger partial charge >= 0.3 is 0 Å². The van der Waals surface area contributed by atoms with Gasteiger partial charge < -0.3 is 34.0 Å². The van der Waals surface area contributed by atoms with Crippen LogP contribution in [0.3, 0.4) is 0 Å². The van der Waals surface area contributed by atoms with Crippen molar-refractivity contribution >= 4 is 166 Å². The highest BCUT2D eigenvalue weighted by Gasteiger charge is 2.50. The lowest BCUT2D eigenvalue weighted by atomic mass is 9.33. The fourth-order valence-electron chi connectivity index (χ4n) is 21.3. The van der Waals surface area contributed by atoms with Gasteiger partial charge in [0.2, 0.25) is 0 Å². The van der Waals surface area contributed by atoms with Crippen LogP contribution in [0.25, 0.3) is 67.2 Å². The van der Waals surface area contributed by atoms with E-state index >= 15 is 0 Å². The second-order valence-corrected chi connectivity index (χ2v) is 32.9. The lowest BCUT2D eigenvalue weighted by Gasteiger charge is -2.46. The number of hydrogen-bond donors (Lipinski definition) is 0. The van der Waals surface area contributed by atoms with E-state index < -0.39 is 0 Å². The first kappa shape index (κ1) is 70.2. The van der Waals surface area contributed by atoms with Gasteiger partial charge in [0.25, 0.3) is 13.4 Å². The third kappa shape index (κ3) is 11.0. The van der Waals surface area contributed by atoms with Crippen molar-refractivity contribution in [3.63, 3.8) is 0 Å². The summed E-state index contributed by atoms with van der Waals surface area (Å²) < 4.78 is 2.71. The van der Waals surface area contributed by atoms with Crippen LogP contribution in [0.1, 0.15) is 29.2 Å². The third-order valence-corrected chi connectivity index (χ3v) is 26.3. The fraction of sp³-hybridized carbons (Fsp3) is 0.0175. The van der Waals surface area contributed by atoms with E-state index in [0.717, 1.165) is 153 Å². The van der Waals surface area contributed by atoms with Crippen LogP contribution in [0.15, 0.2) is 443 Å². The molecule has 0 N–H and O–H groups in total. The Bertz CT molecular complexity index is 7230. The first-order chi connectivity index (χ1) is 61.1. The highest BCUT2D eigenvalue weighted by atomic mass is 15.2. The molecule has 19 aromatic rings. The van der Waals surface area contributed by atoms with Gasteiger partial charge in [0.15, 0.2) is 0 Å². The Labute approximate surface area is 716 Å². The molecule has 18 aromatic carbocycles. The normalized spacial score (nSPS) is 13.8. The number of nitrogens with zero attached hydrogens (tertiary/aromatic N) is 7. The highest BCUT2D eigenvalue weighted by molar-refractivity contribution is 7.01. The molecule has 574 valence electrons. The Morgan fingerprint density at radius 2 is 0.585 bits per heavy atom. The molecule has 1 aliphatic carbocycles. The average Bonchev–Trinajstić information content (AvgIpc) is 1.42. The maximum Gasteiger partial charge on any atom is 0.252 e. The predicted octanol–water partition coefficient (Wildman–Crippen LogP) is 26.3. The summed E-state index contributed by atoms with van der Waals surface area (Å²) in [5.74, 6) is 0.0564. The van der Waals surface area contributed by atoms with Gasteiger partial charge in [-0.1, -0.05) is 328 Å². The molecule has 0 fully saturated rings. The summed E-state index contributed by atoms with van der Waals surface area (Å²) in [6.07, 6.45) is 5.80. The van der Waals surface area contributed by atoms with E-state index in [1.165, 1.54) is 66.2 Å². The molecule has 1 aromatic heterocycles. The Hall–Kier alpha value is -15.8. The Morgan fingerprint density at radius 3 is 0.976 bits per heavy atom. The smallest absolute Gasteiger partial charge is 0.252 e. The van der Waals surface area contributed by atoms with Crippen LogP contribution in [0, 0.1) is 0 Å². The van der Waals surface area contributed by atoms with E-state index in [0.29, 0.717) is 0 Å². The van der Waals surface area contributed by atoms with Crippen molar-refractivity contribution in [2.24, 2.45) is 0 Å². The van der Waals surface area contributed by atoms with Crippen molar-refractivity contribution in [2.45, 2.75) is 12.3 Å². The minimum atomic E-state index is -0.202. The number of para-hydroxylation sites is 10. The van der Waals surface area contributed by atoms with E-state index in [1.807, 2.05) is 0 Å². The zero-order valence-electron chi connectivity index (χ0n) is 67.3. The van der Waals surface area contributed by atoms with Crippen molar-refractivity contribution in [1.82, 2.24) is 4.57 Å². The number of benzene rings is 18. The quantitative estimate of drug-likeness (QED) is 0.101. The van der Waals surface area contributed by atoms with Crippen molar-refractivity contribution in [2.75, 3.05) is 29.4 Å². The molecule has 0 bridgehead atoms. The first-order valence-corrected chi connectivity index (χ1v) is 42.8. The summed E-state index contributed by atoms with van der Waals surface area (Å²) in [4.78, 5) is 15.4. The molecule has 6 aliphatic rings. The first-order valence-electron chi connectivity index (χ1n) is 42.8. The van der Waals surface area contributed by atoms with E-state index in [2.05, 4.69) is 483 Å². The lowest BCUT2D eigenvalue weighted by Crippen LogP contribution is -2.61. The highest BCUT2D eigenvalue weighted by Crippen LogP contribution is 2.58. The topological polar surface area (TPSA) is 24.4 Å². The minimum Gasteiger partial charge on any atom is -0.312 e. The number of allylic oxidation sites excluding steroid dienone is 1. The summed E-state index contributed by atoms with van der Waals surface area (Å²) >= 11 is 0. The molecule has 0 spiro atoms. The minimum absolute atomic E-state index is 0.0564. The summed E-state index contributed by atoms with van der Waals surface area (Å²) in [5, 5.41) is 1.25. The van der Waals surface area contributed by atoms with Crippen molar-refractivity contribution in [3.05, 3.63) is 460 Å². The van der Waals surface area contributed by atoms with Gasteiger partial charge in [-0.05, 0) is 188 Å². The fourth-order valence-corrected chi connectivity index (χ4v) is 21.3. The zero-order valence-corrected chi connectivity index (χ0v) is 67.3. The SMILES string of the molecule is C1=Cc2c3n(c4cc5c(cc24)B2c4ccccc4N(c4c(-c6ccccc6)cccc4-c4ccccc4)c4cc(N(c6ccccc6)c6ccccc6)cc(c42)N5c2ccccc2)-c2cc4c(cc2C3C1)B1c2ccccc2N(c2c(-c3ccccc3)cccc2-c2ccccc2)c2cc(N(c3ccccc3)c3ccccc3)cc(c21)N4c1ccccc1. The van der Waals surface area contributed by atoms with E-state index in [1.54, 1.807) is 0 Å².